The first-order valence-electron chi connectivity index (χ1n) is 6.00. The summed E-state index contributed by atoms with van der Waals surface area (Å²) in [6, 6.07) is 8.43. The number of pyridine rings is 1. The summed E-state index contributed by atoms with van der Waals surface area (Å²) in [4.78, 5) is 27.1. The van der Waals surface area contributed by atoms with Gasteiger partial charge in [0.15, 0.2) is 6.61 Å². The minimum absolute atomic E-state index is 0. The Bertz CT molecular complexity index is 676. The summed E-state index contributed by atoms with van der Waals surface area (Å²) >= 11 is 0. The van der Waals surface area contributed by atoms with Gasteiger partial charge < -0.3 is 15.4 Å². The Labute approximate surface area is 126 Å². The molecule has 0 bridgehead atoms. The van der Waals surface area contributed by atoms with Gasteiger partial charge in [0.1, 0.15) is 5.75 Å². The summed E-state index contributed by atoms with van der Waals surface area (Å²) < 4.78 is 5.25. The predicted octanol–water partition coefficient (Wildman–Crippen LogP) is 2.09. The summed E-state index contributed by atoms with van der Waals surface area (Å²) in [6.07, 6.45) is 3.08. The Balaban J connectivity index is 0.00000161. The molecule has 0 atom stereocenters. The first kappa shape index (κ1) is 14.8. The first-order valence-corrected chi connectivity index (χ1v) is 6.00. The molecule has 3 rings (SSSR count). The zero-order chi connectivity index (χ0) is 13.9. The minimum Gasteiger partial charge on any atom is -0.482 e. The van der Waals surface area contributed by atoms with Crippen LogP contribution in [0.15, 0.2) is 42.7 Å². The van der Waals surface area contributed by atoms with Crippen molar-refractivity contribution in [3.05, 3.63) is 48.3 Å². The highest BCUT2D eigenvalue weighted by molar-refractivity contribution is 6.05. The largest absolute Gasteiger partial charge is 0.482 e. The van der Waals surface area contributed by atoms with E-state index in [2.05, 4.69) is 15.6 Å². The van der Waals surface area contributed by atoms with Crippen LogP contribution in [0.3, 0.4) is 0 Å². The number of hydrogen-bond acceptors (Lipinski definition) is 4. The Hall–Kier alpha value is -2.60. The van der Waals surface area contributed by atoms with Gasteiger partial charge in [-0.2, -0.15) is 0 Å². The lowest BCUT2D eigenvalue weighted by molar-refractivity contribution is -0.118. The number of benzene rings is 1. The van der Waals surface area contributed by atoms with Crippen LogP contribution in [-0.2, 0) is 4.79 Å². The number of carbonyl (C=O) groups is 2. The van der Waals surface area contributed by atoms with Crippen LogP contribution in [-0.4, -0.2) is 23.4 Å². The van der Waals surface area contributed by atoms with E-state index in [-0.39, 0.29) is 30.8 Å². The fourth-order valence-electron chi connectivity index (χ4n) is 1.86. The van der Waals surface area contributed by atoms with E-state index >= 15 is 0 Å². The molecule has 0 fully saturated rings. The van der Waals surface area contributed by atoms with Gasteiger partial charge in [0, 0.05) is 18.1 Å². The van der Waals surface area contributed by atoms with Crippen LogP contribution in [0.5, 0.6) is 5.75 Å². The second-order valence-electron chi connectivity index (χ2n) is 4.24. The van der Waals surface area contributed by atoms with E-state index in [4.69, 9.17) is 4.74 Å². The molecule has 1 aromatic carbocycles. The van der Waals surface area contributed by atoms with Crippen LogP contribution in [0, 0.1) is 0 Å². The average molecular weight is 306 g/mol. The molecule has 0 unspecified atom stereocenters. The van der Waals surface area contributed by atoms with E-state index in [0.29, 0.717) is 22.7 Å². The van der Waals surface area contributed by atoms with E-state index in [1.807, 2.05) is 0 Å². The number of ether oxygens (including phenoxy) is 1. The molecule has 108 valence electrons. The molecule has 1 aliphatic heterocycles. The van der Waals surface area contributed by atoms with Gasteiger partial charge >= 0.3 is 0 Å². The molecule has 0 aliphatic carbocycles. The van der Waals surface area contributed by atoms with Gasteiger partial charge in [-0.3, -0.25) is 14.6 Å². The Morgan fingerprint density at radius 2 is 2.19 bits per heavy atom. The van der Waals surface area contributed by atoms with E-state index < -0.39 is 0 Å². The molecular weight excluding hydrogens is 294 g/mol. The van der Waals surface area contributed by atoms with Crippen molar-refractivity contribution >= 4 is 35.6 Å². The highest BCUT2D eigenvalue weighted by atomic mass is 35.5. The zero-order valence-electron chi connectivity index (χ0n) is 10.8. The number of amides is 2. The third-order valence-electron chi connectivity index (χ3n) is 2.79. The van der Waals surface area contributed by atoms with Gasteiger partial charge in [-0.15, -0.1) is 12.4 Å². The van der Waals surface area contributed by atoms with Crippen molar-refractivity contribution in [3.63, 3.8) is 0 Å². The lowest BCUT2D eigenvalue weighted by atomic mass is 10.2. The number of carbonyl (C=O) groups excluding carboxylic acids is 2. The smallest absolute Gasteiger partial charge is 0.262 e. The molecule has 1 aromatic heterocycles. The van der Waals surface area contributed by atoms with Gasteiger partial charge in [0.25, 0.3) is 11.8 Å². The van der Waals surface area contributed by atoms with Crippen LogP contribution < -0.4 is 15.4 Å². The molecular formula is C14H12ClN3O3. The maximum absolute atomic E-state index is 12.0. The number of nitrogens with one attached hydrogen (secondary N) is 2. The van der Waals surface area contributed by atoms with Crippen LogP contribution in [0.2, 0.25) is 0 Å². The molecule has 1 aliphatic rings. The Morgan fingerprint density at radius 3 is 2.95 bits per heavy atom. The van der Waals surface area contributed by atoms with E-state index in [9.17, 15) is 9.59 Å². The highest BCUT2D eigenvalue weighted by Crippen LogP contribution is 2.30. The van der Waals surface area contributed by atoms with Gasteiger partial charge in [-0.25, -0.2) is 0 Å². The lowest BCUT2D eigenvalue weighted by Crippen LogP contribution is -2.25. The van der Waals surface area contributed by atoms with Crippen molar-refractivity contribution in [2.24, 2.45) is 0 Å². The van der Waals surface area contributed by atoms with Crippen molar-refractivity contribution in [1.82, 2.24) is 4.98 Å². The van der Waals surface area contributed by atoms with E-state index in [1.165, 1.54) is 6.20 Å². The van der Waals surface area contributed by atoms with Crippen molar-refractivity contribution in [2.45, 2.75) is 0 Å². The molecule has 0 spiro atoms. The fraction of sp³-hybridized carbons (Fsp3) is 0.0714. The number of nitrogens with zero attached hydrogens (tertiary/aromatic N) is 1. The number of halogens is 1. The number of anilines is 2. The summed E-state index contributed by atoms with van der Waals surface area (Å²) in [6.45, 7) is 0.00832. The topological polar surface area (TPSA) is 80.3 Å². The molecule has 2 aromatic rings. The normalized spacial score (nSPS) is 12.3. The number of hydrogen-bond donors (Lipinski definition) is 2. The van der Waals surface area contributed by atoms with Gasteiger partial charge in [-0.1, -0.05) is 0 Å². The van der Waals surface area contributed by atoms with Crippen molar-refractivity contribution in [3.8, 4) is 5.75 Å². The lowest BCUT2D eigenvalue weighted by Gasteiger charge is -2.18. The summed E-state index contributed by atoms with van der Waals surface area (Å²) in [5.41, 5.74) is 1.58. The minimum atomic E-state index is -0.263. The van der Waals surface area contributed by atoms with Crippen LogP contribution in [0.4, 0.5) is 11.4 Å². The zero-order valence-corrected chi connectivity index (χ0v) is 11.6. The second kappa shape index (κ2) is 6.23. The van der Waals surface area contributed by atoms with E-state index in [1.54, 1.807) is 36.5 Å². The molecule has 0 radical (unpaired) electrons. The van der Waals surface area contributed by atoms with Gasteiger partial charge in [0.05, 0.1) is 11.3 Å². The van der Waals surface area contributed by atoms with Crippen LogP contribution in [0.1, 0.15) is 10.4 Å². The molecule has 2 amide bonds. The summed E-state index contributed by atoms with van der Waals surface area (Å²) in [5, 5.41) is 5.42. The fourth-order valence-corrected chi connectivity index (χ4v) is 1.86. The SMILES string of the molecule is Cl.O=C1COc2ccc(NC(=O)c3cccnc3)cc2N1. The molecule has 0 saturated heterocycles. The third-order valence-corrected chi connectivity index (χ3v) is 2.79. The third kappa shape index (κ3) is 3.29. The number of fused-ring (bicyclic) bond motifs is 1. The maximum atomic E-state index is 12.0. The van der Waals surface area contributed by atoms with Crippen LogP contribution >= 0.6 is 12.4 Å². The Kier molecular flexibility index (Phi) is 4.39. The van der Waals surface area contributed by atoms with Gasteiger partial charge in [0.2, 0.25) is 0 Å². The summed E-state index contributed by atoms with van der Waals surface area (Å²) in [5.74, 6) is 0.110. The quantitative estimate of drug-likeness (QED) is 0.890. The average Bonchev–Trinajstić information content (AvgIpc) is 2.47. The molecule has 7 heteroatoms. The Morgan fingerprint density at radius 1 is 1.33 bits per heavy atom. The highest BCUT2D eigenvalue weighted by Gasteiger charge is 2.16. The number of aromatic nitrogens is 1. The predicted molar refractivity (Wildman–Crippen MR) is 80.0 cm³/mol. The summed E-state index contributed by atoms with van der Waals surface area (Å²) in [7, 11) is 0. The first-order chi connectivity index (χ1) is 9.72. The number of rotatable bonds is 2. The van der Waals surface area contributed by atoms with Gasteiger partial charge in [-0.05, 0) is 30.3 Å². The maximum Gasteiger partial charge on any atom is 0.262 e. The van der Waals surface area contributed by atoms with Crippen molar-refractivity contribution < 1.29 is 14.3 Å². The molecule has 21 heavy (non-hydrogen) atoms. The second-order valence-corrected chi connectivity index (χ2v) is 4.24. The van der Waals surface area contributed by atoms with Crippen LogP contribution in [0.25, 0.3) is 0 Å². The van der Waals surface area contributed by atoms with E-state index in [0.717, 1.165) is 0 Å². The molecule has 2 heterocycles. The van der Waals surface area contributed by atoms with Crippen molar-refractivity contribution in [2.75, 3.05) is 17.2 Å². The van der Waals surface area contributed by atoms with Crippen molar-refractivity contribution in [1.29, 1.82) is 0 Å². The molecule has 0 saturated carbocycles. The molecule has 2 N–H and O–H groups in total. The molecule has 6 nitrogen and oxygen atoms in total. The monoisotopic (exact) mass is 305 g/mol. The standard InChI is InChI=1S/C14H11N3O3.ClH/c18-13-8-20-12-4-3-10(6-11(12)17-13)16-14(19)9-2-1-5-15-7-9;/h1-7H,8H2,(H,16,19)(H,17,18);1H.